The number of nitrogens with zero attached hydrogens (tertiary/aromatic N) is 2. The molecule has 0 saturated carbocycles. The van der Waals surface area contributed by atoms with E-state index in [1.807, 2.05) is 0 Å². The van der Waals surface area contributed by atoms with Crippen molar-refractivity contribution in [2.45, 2.75) is 24.7 Å². The number of hydrogen-bond donors (Lipinski definition) is 2. The highest BCUT2D eigenvalue weighted by Crippen LogP contribution is 2.35. The normalized spacial score (nSPS) is 22.5. The van der Waals surface area contributed by atoms with Gasteiger partial charge in [-0.15, -0.1) is 0 Å². The molecule has 1 unspecified atom stereocenters. The minimum atomic E-state index is -3.81. The molecule has 3 aliphatic heterocycles. The van der Waals surface area contributed by atoms with Gasteiger partial charge in [-0.3, -0.25) is 14.5 Å². The third-order valence-electron chi connectivity index (χ3n) is 6.11. The van der Waals surface area contributed by atoms with Gasteiger partial charge in [-0.05, 0) is 31.4 Å². The highest BCUT2D eigenvalue weighted by molar-refractivity contribution is 7.89. The number of anilines is 1. The van der Waals surface area contributed by atoms with Crippen LogP contribution in [0.1, 0.15) is 18.4 Å². The number of amides is 2. The van der Waals surface area contributed by atoms with Crippen molar-refractivity contribution in [3.63, 3.8) is 0 Å². The molecular formula is C21H30N4O6S. The molecular weight excluding hydrogens is 436 g/mol. The second kappa shape index (κ2) is 9.74. The molecule has 0 aliphatic carbocycles. The van der Waals surface area contributed by atoms with E-state index >= 15 is 0 Å². The molecule has 4 rings (SSSR count). The summed E-state index contributed by atoms with van der Waals surface area (Å²) in [6.45, 7) is 6.50. The molecule has 32 heavy (non-hydrogen) atoms. The first-order valence-corrected chi connectivity index (χ1v) is 12.4. The van der Waals surface area contributed by atoms with Crippen LogP contribution in [-0.2, 0) is 24.3 Å². The van der Waals surface area contributed by atoms with E-state index < -0.39 is 10.0 Å². The largest absolute Gasteiger partial charge is 0.482 e. The SMILES string of the molecule is Cc1cc2c(cc1S(=O)(=O)N1CCCC(C(=O)NCCN3CCOCC3)C1)OCC(=O)N2. The predicted molar refractivity (Wildman–Crippen MR) is 117 cm³/mol. The lowest BCUT2D eigenvalue weighted by Crippen LogP contribution is -2.47. The minimum absolute atomic E-state index is 0.105. The van der Waals surface area contributed by atoms with E-state index in [-0.39, 0.29) is 35.8 Å². The average molecular weight is 467 g/mol. The lowest BCUT2D eigenvalue weighted by atomic mass is 9.99. The van der Waals surface area contributed by atoms with E-state index in [0.29, 0.717) is 56.1 Å². The van der Waals surface area contributed by atoms with Crippen molar-refractivity contribution in [2.75, 3.05) is 64.4 Å². The maximum atomic E-state index is 13.4. The van der Waals surface area contributed by atoms with Crippen LogP contribution in [0.15, 0.2) is 17.0 Å². The summed E-state index contributed by atoms with van der Waals surface area (Å²) in [4.78, 5) is 26.6. The van der Waals surface area contributed by atoms with Crippen LogP contribution in [0, 0.1) is 12.8 Å². The monoisotopic (exact) mass is 466 g/mol. The van der Waals surface area contributed by atoms with Gasteiger partial charge in [-0.1, -0.05) is 0 Å². The molecule has 2 fully saturated rings. The van der Waals surface area contributed by atoms with Crippen LogP contribution in [0.3, 0.4) is 0 Å². The van der Waals surface area contributed by atoms with Gasteiger partial charge in [0.25, 0.3) is 5.91 Å². The number of sulfonamides is 1. The highest BCUT2D eigenvalue weighted by atomic mass is 32.2. The molecule has 2 amide bonds. The number of carbonyl (C=O) groups excluding carboxylic acids is 2. The Bertz CT molecular complexity index is 977. The van der Waals surface area contributed by atoms with Crippen molar-refractivity contribution in [1.29, 1.82) is 0 Å². The molecule has 0 bridgehead atoms. The lowest BCUT2D eigenvalue weighted by molar-refractivity contribution is -0.126. The number of carbonyl (C=O) groups is 2. The Morgan fingerprint density at radius 3 is 2.81 bits per heavy atom. The molecule has 3 aliphatic rings. The maximum Gasteiger partial charge on any atom is 0.262 e. The van der Waals surface area contributed by atoms with E-state index in [4.69, 9.17) is 9.47 Å². The van der Waals surface area contributed by atoms with E-state index in [1.54, 1.807) is 13.0 Å². The van der Waals surface area contributed by atoms with Crippen LogP contribution in [0.2, 0.25) is 0 Å². The Balaban J connectivity index is 1.40. The molecule has 2 N–H and O–H groups in total. The van der Waals surface area contributed by atoms with Crippen molar-refractivity contribution in [3.8, 4) is 5.75 Å². The number of rotatable bonds is 6. The van der Waals surface area contributed by atoms with Crippen LogP contribution in [-0.4, -0.2) is 88.5 Å². The third-order valence-corrected chi connectivity index (χ3v) is 8.12. The Hall–Kier alpha value is -2.21. The van der Waals surface area contributed by atoms with Gasteiger partial charge in [0.2, 0.25) is 15.9 Å². The van der Waals surface area contributed by atoms with E-state index in [1.165, 1.54) is 10.4 Å². The Kier molecular flexibility index (Phi) is 6.99. The lowest BCUT2D eigenvalue weighted by Gasteiger charge is -2.32. The molecule has 0 aromatic heterocycles. The standard InChI is InChI=1S/C21H30N4O6S/c1-15-11-17-18(31-14-20(26)23-17)12-19(15)32(28,29)25-5-2-3-16(13-25)21(27)22-4-6-24-7-9-30-10-8-24/h11-12,16H,2-10,13-14H2,1H3,(H,22,27)(H,23,26). The first-order valence-electron chi connectivity index (χ1n) is 11.0. The van der Waals surface area contributed by atoms with Gasteiger partial charge in [-0.25, -0.2) is 8.42 Å². The Labute approximate surface area is 188 Å². The molecule has 1 atom stereocenters. The van der Waals surface area contributed by atoms with Crippen LogP contribution in [0.25, 0.3) is 0 Å². The zero-order valence-corrected chi connectivity index (χ0v) is 19.1. The number of morpholine rings is 1. The van der Waals surface area contributed by atoms with E-state index in [2.05, 4.69) is 15.5 Å². The van der Waals surface area contributed by atoms with Crippen LogP contribution in [0.5, 0.6) is 5.75 Å². The van der Waals surface area contributed by atoms with Crippen molar-refractivity contribution in [3.05, 3.63) is 17.7 Å². The first-order chi connectivity index (χ1) is 15.3. The Morgan fingerprint density at radius 1 is 1.25 bits per heavy atom. The molecule has 1 aromatic rings. The molecule has 0 radical (unpaired) electrons. The van der Waals surface area contributed by atoms with Crippen LogP contribution < -0.4 is 15.4 Å². The average Bonchev–Trinajstić information content (AvgIpc) is 2.79. The zero-order chi connectivity index (χ0) is 22.7. The summed E-state index contributed by atoms with van der Waals surface area (Å²) in [5.41, 5.74) is 0.987. The van der Waals surface area contributed by atoms with Crippen molar-refractivity contribution in [2.24, 2.45) is 5.92 Å². The number of benzene rings is 1. The Morgan fingerprint density at radius 2 is 2.03 bits per heavy atom. The summed E-state index contributed by atoms with van der Waals surface area (Å²) in [5, 5.41) is 5.65. The van der Waals surface area contributed by atoms with Gasteiger partial charge in [-0.2, -0.15) is 4.31 Å². The quantitative estimate of drug-likeness (QED) is 0.614. The van der Waals surface area contributed by atoms with Gasteiger partial charge in [0, 0.05) is 45.3 Å². The van der Waals surface area contributed by atoms with Gasteiger partial charge >= 0.3 is 0 Å². The van der Waals surface area contributed by atoms with Gasteiger partial charge in [0.1, 0.15) is 5.75 Å². The number of hydrogen-bond acceptors (Lipinski definition) is 7. The summed E-state index contributed by atoms with van der Waals surface area (Å²) in [7, 11) is -3.81. The van der Waals surface area contributed by atoms with Gasteiger partial charge in [0.05, 0.1) is 29.7 Å². The van der Waals surface area contributed by atoms with Crippen molar-refractivity contribution in [1.82, 2.24) is 14.5 Å². The van der Waals surface area contributed by atoms with Crippen molar-refractivity contribution < 1.29 is 27.5 Å². The summed E-state index contributed by atoms with van der Waals surface area (Å²) < 4.78 is 38.9. The number of aryl methyl sites for hydroxylation is 1. The maximum absolute atomic E-state index is 13.4. The van der Waals surface area contributed by atoms with E-state index in [9.17, 15) is 18.0 Å². The summed E-state index contributed by atoms with van der Waals surface area (Å²) >= 11 is 0. The first kappa shape index (κ1) is 23.0. The second-order valence-corrected chi connectivity index (χ2v) is 10.3. The molecule has 2 saturated heterocycles. The minimum Gasteiger partial charge on any atom is -0.482 e. The topological polar surface area (TPSA) is 117 Å². The van der Waals surface area contributed by atoms with Gasteiger partial charge < -0.3 is 20.1 Å². The summed E-state index contributed by atoms with van der Waals surface area (Å²) in [6.07, 6.45) is 1.28. The molecule has 0 spiro atoms. The second-order valence-electron chi connectivity index (χ2n) is 8.40. The number of piperidine rings is 1. The molecule has 1 aromatic carbocycles. The smallest absolute Gasteiger partial charge is 0.262 e. The zero-order valence-electron chi connectivity index (χ0n) is 18.3. The fourth-order valence-electron chi connectivity index (χ4n) is 4.31. The fraction of sp³-hybridized carbons (Fsp3) is 0.619. The molecule has 3 heterocycles. The van der Waals surface area contributed by atoms with Crippen molar-refractivity contribution >= 4 is 27.5 Å². The van der Waals surface area contributed by atoms with Crippen LogP contribution >= 0.6 is 0 Å². The third kappa shape index (κ3) is 5.06. The number of fused-ring (bicyclic) bond motifs is 1. The fourth-order valence-corrected chi connectivity index (χ4v) is 6.06. The van der Waals surface area contributed by atoms with Crippen LogP contribution in [0.4, 0.5) is 5.69 Å². The van der Waals surface area contributed by atoms with Gasteiger partial charge in [0.15, 0.2) is 6.61 Å². The summed E-state index contributed by atoms with van der Waals surface area (Å²) in [6, 6.07) is 3.07. The highest BCUT2D eigenvalue weighted by Gasteiger charge is 2.35. The van der Waals surface area contributed by atoms with E-state index in [0.717, 1.165) is 19.6 Å². The predicted octanol–water partition coefficient (Wildman–Crippen LogP) is 0.175. The molecule has 176 valence electrons. The molecule has 11 heteroatoms. The summed E-state index contributed by atoms with van der Waals surface area (Å²) in [5.74, 6) is -0.419. The number of nitrogens with one attached hydrogen (secondary N) is 2. The molecule has 10 nitrogen and oxygen atoms in total. The number of ether oxygens (including phenoxy) is 2.